The number of nitrogens with one attached hydrogen (secondary N) is 2. The van der Waals surface area contributed by atoms with Crippen LogP contribution in [0.4, 0.5) is 5.82 Å². The van der Waals surface area contributed by atoms with Crippen molar-refractivity contribution in [1.82, 2.24) is 20.1 Å². The molecule has 1 saturated carbocycles. The molecule has 3 aromatic rings. The van der Waals surface area contributed by atoms with Crippen molar-refractivity contribution < 1.29 is 4.79 Å². The predicted octanol–water partition coefficient (Wildman–Crippen LogP) is 4.32. The maximum absolute atomic E-state index is 13.3. The maximum Gasteiger partial charge on any atom is 0.230 e. The van der Waals surface area contributed by atoms with Crippen LogP contribution in [0, 0.1) is 23.2 Å². The van der Waals surface area contributed by atoms with Gasteiger partial charge in [0.25, 0.3) is 0 Å². The lowest BCUT2D eigenvalue weighted by Gasteiger charge is -2.29. The smallest absolute Gasteiger partial charge is 0.230 e. The summed E-state index contributed by atoms with van der Waals surface area (Å²) in [6.07, 6.45) is 12.2. The van der Waals surface area contributed by atoms with Crippen LogP contribution in [0.2, 0.25) is 0 Å². The fourth-order valence-electron chi connectivity index (χ4n) is 4.67. The lowest BCUT2D eigenvalue weighted by molar-refractivity contribution is -0.121. The lowest BCUT2D eigenvalue weighted by Crippen LogP contribution is -2.39. The number of carbonyl (C=O) groups excluding carboxylic acids is 1. The Morgan fingerprint density at radius 2 is 1.91 bits per heavy atom. The molecule has 1 aromatic carbocycles. The fourth-order valence-corrected chi connectivity index (χ4v) is 4.67. The summed E-state index contributed by atoms with van der Waals surface area (Å²) in [4.78, 5) is 17.7. The number of hydrogen-bond acceptors (Lipinski definition) is 5. The number of amides is 1. The molecule has 2 aromatic heterocycles. The van der Waals surface area contributed by atoms with Crippen molar-refractivity contribution in [1.29, 1.82) is 5.26 Å². The van der Waals surface area contributed by atoms with E-state index in [1.165, 1.54) is 24.8 Å². The van der Waals surface area contributed by atoms with Crippen LogP contribution in [0.5, 0.6) is 0 Å². The second-order valence-corrected chi connectivity index (χ2v) is 9.09. The Morgan fingerprint density at radius 3 is 2.56 bits per heavy atom. The first-order valence-corrected chi connectivity index (χ1v) is 12.1. The normalized spacial score (nSPS) is 14.9. The molecule has 0 radical (unpaired) electrons. The maximum atomic E-state index is 13.3. The van der Waals surface area contributed by atoms with Gasteiger partial charge >= 0.3 is 0 Å². The summed E-state index contributed by atoms with van der Waals surface area (Å²) >= 11 is 0. The van der Waals surface area contributed by atoms with E-state index in [0.717, 1.165) is 36.9 Å². The molecule has 1 aliphatic rings. The predicted molar refractivity (Wildman–Crippen MR) is 133 cm³/mol. The standard InChI is InChI=1S/C27H32N6O/c1-33-19-24(17-31-33)23-11-12-26(30-16-23)32-27(34)25(22-5-3-2-4-6-22)18-29-14-13-20-7-9-21(15-28)10-8-20/h7-12,16-17,19,22,25,29H,2-6,13-14,18H2,1H3,(H,30,32,34). The molecule has 176 valence electrons. The minimum absolute atomic E-state index is 0.0411. The van der Waals surface area contributed by atoms with E-state index in [4.69, 9.17) is 5.26 Å². The summed E-state index contributed by atoms with van der Waals surface area (Å²) in [6, 6.07) is 13.6. The van der Waals surface area contributed by atoms with E-state index in [0.29, 0.717) is 23.8 Å². The number of carbonyl (C=O) groups is 1. The van der Waals surface area contributed by atoms with Crippen molar-refractivity contribution in [2.24, 2.45) is 18.9 Å². The van der Waals surface area contributed by atoms with Gasteiger partial charge in [-0.1, -0.05) is 31.4 Å². The number of benzene rings is 1. The van der Waals surface area contributed by atoms with Crippen molar-refractivity contribution in [3.8, 4) is 17.2 Å². The minimum Gasteiger partial charge on any atom is -0.316 e. The molecule has 1 fully saturated rings. The number of aromatic nitrogens is 3. The Hall–Kier alpha value is -3.50. The summed E-state index contributed by atoms with van der Waals surface area (Å²) in [7, 11) is 1.88. The van der Waals surface area contributed by atoms with Crippen LogP contribution in [0.25, 0.3) is 11.1 Å². The molecule has 1 atom stereocenters. The Morgan fingerprint density at radius 1 is 1.12 bits per heavy atom. The lowest BCUT2D eigenvalue weighted by atomic mass is 9.79. The topological polar surface area (TPSA) is 95.6 Å². The van der Waals surface area contributed by atoms with Crippen LogP contribution in [0.3, 0.4) is 0 Å². The molecule has 0 bridgehead atoms. The monoisotopic (exact) mass is 456 g/mol. The van der Waals surface area contributed by atoms with E-state index in [9.17, 15) is 4.79 Å². The number of pyridine rings is 1. The number of aryl methyl sites for hydroxylation is 1. The van der Waals surface area contributed by atoms with Gasteiger partial charge in [0.05, 0.1) is 23.7 Å². The largest absolute Gasteiger partial charge is 0.316 e. The zero-order valence-electron chi connectivity index (χ0n) is 19.7. The number of hydrogen-bond donors (Lipinski definition) is 2. The molecule has 1 amide bonds. The number of nitrogens with zero attached hydrogens (tertiary/aromatic N) is 4. The van der Waals surface area contributed by atoms with Crippen LogP contribution in [-0.2, 0) is 18.3 Å². The Labute approximate surface area is 201 Å². The fraction of sp³-hybridized carbons (Fsp3) is 0.407. The second kappa shape index (κ2) is 11.6. The van der Waals surface area contributed by atoms with Gasteiger partial charge in [-0.25, -0.2) is 4.98 Å². The van der Waals surface area contributed by atoms with Crippen LogP contribution < -0.4 is 10.6 Å². The highest BCUT2D eigenvalue weighted by Crippen LogP contribution is 2.30. The van der Waals surface area contributed by atoms with Gasteiger partial charge in [-0.2, -0.15) is 10.4 Å². The first-order chi connectivity index (χ1) is 16.6. The van der Waals surface area contributed by atoms with Gasteiger partial charge in [0, 0.05) is 37.1 Å². The molecule has 7 nitrogen and oxygen atoms in total. The summed E-state index contributed by atoms with van der Waals surface area (Å²) in [6.45, 7) is 1.45. The summed E-state index contributed by atoms with van der Waals surface area (Å²) < 4.78 is 1.76. The van der Waals surface area contributed by atoms with E-state index in [1.807, 2.05) is 49.6 Å². The molecule has 1 unspecified atom stereocenters. The van der Waals surface area contributed by atoms with Crippen LogP contribution >= 0.6 is 0 Å². The Kier molecular flexibility index (Phi) is 8.05. The molecule has 0 saturated heterocycles. The molecule has 4 rings (SSSR count). The van der Waals surface area contributed by atoms with Gasteiger partial charge in [0.2, 0.25) is 5.91 Å². The highest BCUT2D eigenvalue weighted by Gasteiger charge is 2.29. The highest BCUT2D eigenvalue weighted by molar-refractivity contribution is 5.92. The molecule has 2 heterocycles. The molecular formula is C27H32N6O. The number of anilines is 1. The molecule has 0 spiro atoms. The average Bonchev–Trinajstić information content (AvgIpc) is 3.31. The first-order valence-electron chi connectivity index (χ1n) is 12.1. The van der Waals surface area contributed by atoms with Crippen molar-refractivity contribution in [3.63, 3.8) is 0 Å². The van der Waals surface area contributed by atoms with E-state index in [1.54, 1.807) is 17.1 Å². The summed E-state index contributed by atoms with van der Waals surface area (Å²) in [5.41, 5.74) is 3.83. The molecule has 0 aliphatic heterocycles. The van der Waals surface area contributed by atoms with E-state index < -0.39 is 0 Å². The van der Waals surface area contributed by atoms with Crippen molar-refractivity contribution >= 4 is 11.7 Å². The molecule has 1 aliphatic carbocycles. The molecule has 34 heavy (non-hydrogen) atoms. The molecular weight excluding hydrogens is 424 g/mol. The summed E-state index contributed by atoms with van der Waals surface area (Å²) in [5, 5.41) is 19.7. The SMILES string of the molecule is Cn1cc(-c2ccc(NC(=O)C(CNCCc3ccc(C#N)cc3)C3CCCCC3)nc2)cn1. The van der Waals surface area contributed by atoms with Gasteiger partial charge in [-0.3, -0.25) is 9.48 Å². The van der Waals surface area contributed by atoms with Crippen molar-refractivity contribution in [2.75, 3.05) is 18.4 Å². The zero-order chi connectivity index (χ0) is 23.8. The van der Waals surface area contributed by atoms with Gasteiger partial charge in [0.15, 0.2) is 0 Å². The van der Waals surface area contributed by atoms with E-state index >= 15 is 0 Å². The third kappa shape index (κ3) is 6.30. The average molecular weight is 457 g/mol. The second-order valence-electron chi connectivity index (χ2n) is 9.09. The van der Waals surface area contributed by atoms with Crippen molar-refractivity contribution in [2.45, 2.75) is 38.5 Å². The first kappa shape index (κ1) is 23.7. The number of rotatable bonds is 9. The quantitative estimate of drug-likeness (QED) is 0.468. The highest BCUT2D eigenvalue weighted by atomic mass is 16.2. The van der Waals surface area contributed by atoms with Gasteiger partial charge in [-0.05, 0) is 61.6 Å². The van der Waals surface area contributed by atoms with Gasteiger partial charge < -0.3 is 10.6 Å². The molecule has 2 N–H and O–H groups in total. The van der Waals surface area contributed by atoms with Crippen LogP contribution in [-0.4, -0.2) is 33.8 Å². The van der Waals surface area contributed by atoms with Crippen LogP contribution in [0.15, 0.2) is 55.0 Å². The molecule has 7 heteroatoms. The Bertz CT molecular complexity index is 1110. The third-order valence-corrected chi connectivity index (χ3v) is 6.65. The Balaban J connectivity index is 1.34. The number of nitriles is 1. The summed E-state index contributed by atoms with van der Waals surface area (Å²) in [5.74, 6) is 0.933. The minimum atomic E-state index is -0.0823. The van der Waals surface area contributed by atoms with E-state index in [2.05, 4.69) is 26.8 Å². The third-order valence-electron chi connectivity index (χ3n) is 6.65. The van der Waals surface area contributed by atoms with Gasteiger partial charge in [-0.15, -0.1) is 0 Å². The van der Waals surface area contributed by atoms with E-state index in [-0.39, 0.29) is 11.8 Å². The van der Waals surface area contributed by atoms with Crippen molar-refractivity contribution in [3.05, 3.63) is 66.1 Å². The van der Waals surface area contributed by atoms with Gasteiger partial charge in [0.1, 0.15) is 5.82 Å². The van der Waals surface area contributed by atoms with Crippen LogP contribution in [0.1, 0.15) is 43.2 Å². The zero-order valence-corrected chi connectivity index (χ0v) is 19.7.